The van der Waals surface area contributed by atoms with Gasteiger partial charge in [-0.1, -0.05) is 18.2 Å². The molecule has 0 saturated carbocycles. The Morgan fingerprint density at radius 2 is 1.83 bits per heavy atom. The molecule has 2 heterocycles. The second kappa shape index (κ2) is 6.74. The molecule has 0 fully saturated rings. The van der Waals surface area contributed by atoms with Crippen LogP contribution in [-0.2, 0) is 16.2 Å². The predicted molar refractivity (Wildman–Crippen MR) is 96.3 cm³/mol. The van der Waals surface area contributed by atoms with Crippen LogP contribution >= 0.6 is 0 Å². The molecule has 0 aliphatic heterocycles. The molecule has 2 aromatic heterocycles. The SMILES string of the molecule is NS(=O)(=O)c1c(C(F)(F)F)ccc(-c2cccc3c2ccc[n+]3O)c1-c1nn[nH]n1. The summed E-state index contributed by atoms with van der Waals surface area (Å²) in [5, 5.41) is 28.5. The molecule has 0 saturated heterocycles. The Labute approximate surface area is 166 Å². The average Bonchev–Trinajstić information content (AvgIpc) is 3.20. The zero-order chi connectivity index (χ0) is 21.7. The van der Waals surface area contributed by atoms with Crippen molar-refractivity contribution in [2.45, 2.75) is 11.1 Å². The van der Waals surface area contributed by atoms with Crippen LogP contribution in [0.4, 0.5) is 13.2 Å². The van der Waals surface area contributed by atoms with Gasteiger partial charge in [0, 0.05) is 16.9 Å². The monoisotopic (exact) mass is 437 g/mol. The van der Waals surface area contributed by atoms with Crippen LogP contribution in [0.25, 0.3) is 33.4 Å². The first-order valence-corrected chi connectivity index (χ1v) is 9.77. The summed E-state index contributed by atoms with van der Waals surface area (Å²) in [7, 11) is -4.86. The van der Waals surface area contributed by atoms with Crippen molar-refractivity contribution in [3.05, 3.63) is 54.2 Å². The fourth-order valence-electron chi connectivity index (χ4n) is 3.28. The summed E-state index contributed by atoms with van der Waals surface area (Å²) in [5.41, 5.74) is -1.18. The van der Waals surface area contributed by atoms with Crippen LogP contribution in [-0.4, -0.2) is 34.2 Å². The van der Waals surface area contributed by atoms with E-state index in [-0.39, 0.29) is 11.4 Å². The zero-order valence-corrected chi connectivity index (χ0v) is 15.6. The van der Waals surface area contributed by atoms with Crippen LogP contribution in [0.15, 0.2) is 53.6 Å². The van der Waals surface area contributed by atoms with Gasteiger partial charge in [0.15, 0.2) is 0 Å². The van der Waals surface area contributed by atoms with Gasteiger partial charge in [-0.15, -0.1) is 10.2 Å². The highest BCUT2D eigenvalue weighted by Gasteiger charge is 2.40. The van der Waals surface area contributed by atoms with E-state index in [9.17, 15) is 26.8 Å². The summed E-state index contributed by atoms with van der Waals surface area (Å²) in [6, 6.07) is 9.56. The maximum absolute atomic E-state index is 13.6. The van der Waals surface area contributed by atoms with E-state index in [1.54, 1.807) is 24.3 Å². The number of H-pyrrole nitrogens is 1. The first-order chi connectivity index (χ1) is 14.1. The van der Waals surface area contributed by atoms with E-state index in [0.717, 1.165) is 10.8 Å². The van der Waals surface area contributed by atoms with Gasteiger partial charge in [0.25, 0.3) is 5.52 Å². The van der Waals surface area contributed by atoms with Gasteiger partial charge in [-0.25, -0.2) is 13.6 Å². The molecule has 0 radical (unpaired) electrons. The summed E-state index contributed by atoms with van der Waals surface area (Å²) >= 11 is 0. The molecule has 4 rings (SSSR count). The molecule has 0 spiro atoms. The van der Waals surface area contributed by atoms with E-state index < -0.39 is 32.2 Å². The summed E-state index contributed by atoms with van der Waals surface area (Å²) in [5.74, 6) is -0.384. The van der Waals surface area contributed by atoms with E-state index in [2.05, 4.69) is 20.6 Å². The van der Waals surface area contributed by atoms with Crippen LogP contribution in [0.1, 0.15) is 5.56 Å². The summed E-state index contributed by atoms with van der Waals surface area (Å²) in [6.45, 7) is 0. The van der Waals surface area contributed by atoms with Crippen LogP contribution in [0, 0.1) is 0 Å². The van der Waals surface area contributed by atoms with Gasteiger partial charge in [0.05, 0.1) is 16.5 Å². The number of pyridine rings is 1. The number of primary sulfonamides is 1. The van der Waals surface area contributed by atoms with Gasteiger partial charge in [-0.05, 0) is 28.5 Å². The van der Waals surface area contributed by atoms with Crippen molar-refractivity contribution in [2.24, 2.45) is 5.14 Å². The third-order valence-electron chi connectivity index (χ3n) is 4.43. The number of hydrogen-bond donors (Lipinski definition) is 3. The van der Waals surface area contributed by atoms with E-state index >= 15 is 0 Å². The fraction of sp³-hybridized carbons (Fsp3) is 0.0588. The van der Waals surface area contributed by atoms with Gasteiger partial charge in [-0.2, -0.15) is 18.4 Å². The largest absolute Gasteiger partial charge is 0.417 e. The summed E-state index contributed by atoms with van der Waals surface area (Å²) < 4.78 is 66.2. The number of fused-ring (bicyclic) bond motifs is 1. The number of halogens is 3. The van der Waals surface area contributed by atoms with Crippen LogP contribution in [0.2, 0.25) is 0 Å². The molecule has 30 heavy (non-hydrogen) atoms. The number of tetrazole rings is 1. The Balaban J connectivity index is 2.20. The minimum absolute atomic E-state index is 0.0604. The first kappa shape index (κ1) is 19.7. The van der Waals surface area contributed by atoms with Crippen molar-refractivity contribution in [3.63, 3.8) is 0 Å². The summed E-state index contributed by atoms with van der Waals surface area (Å²) in [6.07, 6.45) is -3.64. The highest BCUT2D eigenvalue weighted by atomic mass is 32.2. The number of hydrogen-bond acceptors (Lipinski definition) is 6. The molecular formula is C17H12F3N6O3S+. The number of nitrogens with one attached hydrogen (secondary N) is 1. The molecule has 0 unspecified atom stereocenters. The number of aromatic amines is 1. The quantitative estimate of drug-likeness (QED) is 0.330. The smallest absolute Gasteiger partial charge is 0.285 e. The lowest BCUT2D eigenvalue weighted by Gasteiger charge is -2.18. The van der Waals surface area contributed by atoms with Crippen LogP contribution < -0.4 is 9.87 Å². The van der Waals surface area contributed by atoms with Crippen molar-refractivity contribution in [2.75, 3.05) is 0 Å². The second-order valence-electron chi connectivity index (χ2n) is 6.23. The number of nitrogens with zero attached hydrogens (tertiary/aromatic N) is 4. The van der Waals surface area contributed by atoms with Gasteiger partial charge < -0.3 is 0 Å². The Bertz CT molecular complexity index is 1370. The maximum atomic E-state index is 13.6. The Morgan fingerprint density at radius 3 is 2.47 bits per heavy atom. The first-order valence-electron chi connectivity index (χ1n) is 8.23. The van der Waals surface area contributed by atoms with Crippen LogP contribution in [0.3, 0.4) is 0 Å². The van der Waals surface area contributed by atoms with Crippen molar-refractivity contribution < 1.29 is 31.5 Å². The maximum Gasteiger partial charge on any atom is 0.417 e. The normalized spacial score (nSPS) is 12.4. The topological polar surface area (TPSA) is 139 Å². The second-order valence-corrected chi connectivity index (χ2v) is 7.73. The molecule has 0 aliphatic carbocycles. The number of benzene rings is 2. The predicted octanol–water partition coefficient (Wildman–Crippen LogP) is 1.88. The molecule has 4 aromatic rings. The average molecular weight is 437 g/mol. The highest BCUT2D eigenvalue weighted by Crippen LogP contribution is 2.43. The number of alkyl halides is 3. The van der Waals surface area contributed by atoms with Crippen LogP contribution in [0.5, 0.6) is 0 Å². The Kier molecular flexibility index (Phi) is 4.43. The Hall–Kier alpha value is -3.58. The van der Waals surface area contributed by atoms with Crippen molar-refractivity contribution >= 4 is 20.9 Å². The molecule has 0 bridgehead atoms. The molecule has 154 valence electrons. The zero-order valence-electron chi connectivity index (χ0n) is 14.8. The van der Waals surface area contributed by atoms with E-state index in [4.69, 9.17) is 5.14 Å². The summed E-state index contributed by atoms with van der Waals surface area (Å²) in [4.78, 5) is -1.17. The van der Waals surface area contributed by atoms with Crippen molar-refractivity contribution in [3.8, 4) is 22.5 Å². The lowest BCUT2D eigenvalue weighted by atomic mass is 9.94. The molecular weight excluding hydrogens is 425 g/mol. The number of sulfonamides is 1. The third-order valence-corrected chi connectivity index (χ3v) is 5.42. The lowest BCUT2D eigenvalue weighted by Crippen LogP contribution is -2.29. The van der Waals surface area contributed by atoms with Crippen molar-refractivity contribution in [1.29, 1.82) is 0 Å². The molecule has 13 heteroatoms. The lowest BCUT2D eigenvalue weighted by molar-refractivity contribution is -0.884. The molecule has 4 N–H and O–H groups in total. The van der Waals surface area contributed by atoms with Gasteiger partial charge in [0.2, 0.25) is 22.0 Å². The minimum atomic E-state index is -5.01. The number of nitrogens with two attached hydrogens (primary N) is 1. The van der Waals surface area contributed by atoms with Gasteiger partial charge in [-0.3, -0.25) is 5.21 Å². The van der Waals surface area contributed by atoms with Gasteiger partial charge >= 0.3 is 6.18 Å². The Morgan fingerprint density at radius 1 is 1.07 bits per heavy atom. The molecule has 0 aliphatic rings. The molecule has 9 nitrogen and oxygen atoms in total. The standard InChI is InChI=1S/C17H11F3N6O3S/c18-17(19,20)12-7-6-11(9-3-1-5-13-10(9)4-2-8-26(13)27)14(15(12)30(21,28)29)16-22-24-25-23-16/h1-8,27H,(H2,21,28,29)/p+1. The van der Waals surface area contributed by atoms with E-state index in [1.807, 2.05) is 0 Å². The third kappa shape index (κ3) is 3.23. The number of rotatable bonds is 3. The fourth-order valence-corrected chi connectivity index (χ4v) is 4.26. The van der Waals surface area contributed by atoms with Gasteiger partial charge in [0.1, 0.15) is 4.90 Å². The van der Waals surface area contributed by atoms with Crippen molar-refractivity contribution in [1.82, 2.24) is 20.6 Å². The molecule has 0 amide bonds. The minimum Gasteiger partial charge on any atom is -0.285 e. The van der Waals surface area contributed by atoms with E-state index in [1.165, 1.54) is 12.3 Å². The number of aromatic nitrogens is 5. The van der Waals surface area contributed by atoms with E-state index in [0.29, 0.717) is 22.5 Å². The highest BCUT2D eigenvalue weighted by molar-refractivity contribution is 7.89. The molecule has 2 aromatic carbocycles. The molecule has 0 atom stereocenters.